The van der Waals surface area contributed by atoms with Crippen LogP contribution >= 0.6 is 0 Å². The van der Waals surface area contributed by atoms with Gasteiger partial charge in [-0.05, 0) is 37.0 Å². The van der Waals surface area contributed by atoms with Crippen molar-refractivity contribution >= 4 is 5.91 Å². The van der Waals surface area contributed by atoms with E-state index in [1.165, 1.54) is 12.8 Å². The first kappa shape index (κ1) is 16.1. The summed E-state index contributed by atoms with van der Waals surface area (Å²) in [5, 5.41) is 0. The minimum atomic E-state index is 0.259. The molecular weight excluding hydrogens is 292 g/mol. The molecule has 2 fully saturated rings. The third-order valence-electron chi connectivity index (χ3n) is 4.81. The first-order valence-corrected chi connectivity index (χ1v) is 8.44. The van der Waals surface area contributed by atoms with Crippen molar-refractivity contribution in [1.82, 2.24) is 9.80 Å². The first-order chi connectivity index (χ1) is 11.2. The van der Waals surface area contributed by atoms with Gasteiger partial charge in [-0.15, -0.1) is 0 Å². The summed E-state index contributed by atoms with van der Waals surface area (Å²) in [7, 11) is 3.26. The molecular formula is C18H26N2O3. The van der Waals surface area contributed by atoms with Gasteiger partial charge < -0.3 is 14.4 Å². The Balaban J connectivity index is 1.49. The van der Waals surface area contributed by atoms with E-state index >= 15 is 0 Å². The number of hydrogen-bond donors (Lipinski definition) is 0. The highest BCUT2D eigenvalue weighted by Crippen LogP contribution is 2.29. The number of hydrogen-bond acceptors (Lipinski definition) is 4. The van der Waals surface area contributed by atoms with Crippen molar-refractivity contribution in [1.29, 1.82) is 0 Å². The molecule has 0 atom stereocenters. The van der Waals surface area contributed by atoms with Gasteiger partial charge in [-0.25, -0.2) is 0 Å². The average molecular weight is 318 g/mol. The van der Waals surface area contributed by atoms with E-state index in [9.17, 15) is 4.79 Å². The van der Waals surface area contributed by atoms with Crippen LogP contribution in [0, 0.1) is 0 Å². The number of nitrogens with zero attached hydrogens (tertiary/aromatic N) is 2. The molecule has 2 aliphatic rings. The number of carbonyl (C=O) groups excluding carboxylic acids is 1. The van der Waals surface area contributed by atoms with Crippen LogP contribution < -0.4 is 9.47 Å². The van der Waals surface area contributed by atoms with Crippen molar-refractivity contribution < 1.29 is 14.3 Å². The number of benzene rings is 1. The maximum absolute atomic E-state index is 12.4. The van der Waals surface area contributed by atoms with Crippen LogP contribution in [0.2, 0.25) is 0 Å². The zero-order chi connectivity index (χ0) is 16.2. The molecule has 1 aliphatic carbocycles. The second-order valence-electron chi connectivity index (χ2n) is 6.34. The maximum atomic E-state index is 12.4. The second kappa shape index (κ2) is 7.21. The Morgan fingerprint density at radius 2 is 1.78 bits per heavy atom. The van der Waals surface area contributed by atoms with Crippen LogP contribution in [-0.4, -0.2) is 62.1 Å². The van der Waals surface area contributed by atoms with Gasteiger partial charge in [0.05, 0.1) is 14.2 Å². The third-order valence-corrected chi connectivity index (χ3v) is 4.81. The summed E-state index contributed by atoms with van der Waals surface area (Å²) in [5.41, 5.74) is 1.10. The van der Waals surface area contributed by atoms with E-state index in [1.54, 1.807) is 14.2 Å². The lowest BCUT2D eigenvalue weighted by molar-refractivity contribution is -0.133. The number of carbonyl (C=O) groups is 1. The van der Waals surface area contributed by atoms with Crippen molar-refractivity contribution in [3.05, 3.63) is 23.8 Å². The highest BCUT2D eigenvalue weighted by atomic mass is 16.5. The SMILES string of the molecule is COc1ccc(CCC(=O)N2CCN(C3CC3)CC2)cc1OC. The highest BCUT2D eigenvalue weighted by Gasteiger charge is 2.32. The molecule has 1 saturated carbocycles. The first-order valence-electron chi connectivity index (χ1n) is 8.44. The minimum Gasteiger partial charge on any atom is -0.493 e. The second-order valence-corrected chi connectivity index (χ2v) is 6.34. The largest absolute Gasteiger partial charge is 0.493 e. The number of methoxy groups -OCH3 is 2. The fraction of sp³-hybridized carbons (Fsp3) is 0.611. The monoisotopic (exact) mass is 318 g/mol. The molecule has 1 heterocycles. The molecule has 126 valence electrons. The Morgan fingerprint density at radius 3 is 2.39 bits per heavy atom. The van der Waals surface area contributed by atoms with Gasteiger partial charge in [-0.3, -0.25) is 9.69 Å². The zero-order valence-corrected chi connectivity index (χ0v) is 14.1. The summed E-state index contributed by atoms with van der Waals surface area (Å²) >= 11 is 0. The minimum absolute atomic E-state index is 0.259. The molecule has 1 amide bonds. The van der Waals surface area contributed by atoms with Crippen LogP contribution in [0.4, 0.5) is 0 Å². The summed E-state index contributed by atoms with van der Waals surface area (Å²) < 4.78 is 10.6. The van der Waals surface area contributed by atoms with Crippen LogP contribution in [0.25, 0.3) is 0 Å². The van der Waals surface area contributed by atoms with Crippen molar-refractivity contribution in [3.8, 4) is 11.5 Å². The quantitative estimate of drug-likeness (QED) is 0.804. The summed E-state index contributed by atoms with van der Waals surface area (Å²) in [6.07, 6.45) is 3.97. The van der Waals surface area contributed by atoms with E-state index in [-0.39, 0.29) is 5.91 Å². The van der Waals surface area contributed by atoms with E-state index in [1.807, 2.05) is 23.1 Å². The molecule has 5 heteroatoms. The van der Waals surface area contributed by atoms with E-state index in [2.05, 4.69) is 4.90 Å². The predicted molar refractivity (Wildman–Crippen MR) is 89.0 cm³/mol. The molecule has 1 saturated heterocycles. The van der Waals surface area contributed by atoms with Crippen molar-refractivity contribution in [2.45, 2.75) is 31.7 Å². The standard InChI is InChI=1S/C18H26N2O3/c1-22-16-7-3-14(13-17(16)23-2)4-8-18(21)20-11-9-19(10-12-20)15-5-6-15/h3,7,13,15H,4-6,8-12H2,1-2H3. The summed E-state index contributed by atoms with van der Waals surface area (Å²) in [4.78, 5) is 16.9. The summed E-state index contributed by atoms with van der Waals surface area (Å²) in [6, 6.07) is 6.66. The number of aryl methyl sites for hydroxylation is 1. The lowest BCUT2D eigenvalue weighted by Gasteiger charge is -2.34. The lowest BCUT2D eigenvalue weighted by atomic mass is 10.1. The predicted octanol–water partition coefficient (Wildman–Crippen LogP) is 1.94. The van der Waals surface area contributed by atoms with Gasteiger partial charge in [0.1, 0.15) is 0 Å². The normalized spacial score (nSPS) is 18.8. The van der Waals surface area contributed by atoms with Gasteiger partial charge >= 0.3 is 0 Å². The number of ether oxygens (including phenoxy) is 2. The Hall–Kier alpha value is -1.75. The van der Waals surface area contributed by atoms with Gasteiger partial charge in [-0.1, -0.05) is 6.07 Å². The zero-order valence-electron chi connectivity index (χ0n) is 14.1. The molecule has 23 heavy (non-hydrogen) atoms. The topological polar surface area (TPSA) is 42.0 Å². The van der Waals surface area contributed by atoms with Gasteiger partial charge in [0.25, 0.3) is 0 Å². The van der Waals surface area contributed by atoms with Crippen molar-refractivity contribution in [2.24, 2.45) is 0 Å². The fourth-order valence-corrected chi connectivity index (χ4v) is 3.22. The fourth-order valence-electron chi connectivity index (χ4n) is 3.22. The Bertz CT molecular complexity index is 549. The van der Waals surface area contributed by atoms with Gasteiger partial charge in [0.15, 0.2) is 11.5 Å². The number of rotatable bonds is 6. The van der Waals surface area contributed by atoms with Crippen LogP contribution in [0.15, 0.2) is 18.2 Å². The van der Waals surface area contributed by atoms with E-state index in [0.29, 0.717) is 6.42 Å². The van der Waals surface area contributed by atoms with Crippen LogP contribution in [0.3, 0.4) is 0 Å². The molecule has 1 aromatic carbocycles. The molecule has 0 bridgehead atoms. The molecule has 0 N–H and O–H groups in total. The maximum Gasteiger partial charge on any atom is 0.222 e. The molecule has 1 aliphatic heterocycles. The van der Waals surface area contributed by atoms with Gasteiger partial charge in [-0.2, -0.15) is 0 Å². The third kappa shape index (κ3) is 3.96. The molecule has 0 aromatic heterocycles. The van der Waals surface area contributed by atoms with E-state index < -0.39 is 0 Å². The van der Waals surface area contributed by atoms with Crippen LogP contribution in [-0.2, 0) is 11.2 Å². The number of amides is 1. The molecule has 0 radical (unpaired) electrons. The van der Waals surface area contributed by atoms with Crippen molar-refractivity contribution in [3.63, 3.8) is 0 Å². The van der Waals surface area contributed by atoms with Crippen molar-refractivity contribution in [2.75, 3.05) is 40.4 Å². The molecule has 1 aromatic rings. The molecule has 3 rings (SSSR count). The Labute approximate surface area is 138 Å². The van der Waals surface area contributed by atoms with Crippen LogP contribution in [0.1, 0.15) is 24.8 Å². The molecule has 0 unspecified atom stereocenters. The smallest absolute Gasteiger partial charge is 0.222 e. The molecule has 5 nitrogen and oxygen atoms in total. The van der Waals surface area contributed by atoms with Gasteiger partial charge in [0.2, 0.25) is 5.91 Å². The van der Waals surface area contributed by atoms with E-state index in [4.69, 9.17) is 9.47 Å². The van der Waals surface area contributed by atoms with E-state index in [0.717, 1.165) is 55.7 Å². The lowest BCUT2D eigenvalue weighted by Crippen LogP contribution is -2.49. The summed E-state index contributed by atoms with van der Waals surface area (Å²) in [6.45, 7) is 3.82. The Morgan fingerprint density at radius 1 is 1.09 bits per heavy atom. The highest BCUT2D eigenvalue weighted by molar-refractivity contribution is 5.76. The number of piperazine rings is 1. The van der Waals surface area contributed by atoms with Crippen LogP contribution in [0.5, 0.6) is 11.5 Å². The molecule has 0 spiro atoms. The summed E-state index contributed by atoms with van der Waals surface area (Å²) in [5.74, 6) is 1.70. The average Bonchev–Trinajstić information content (AvgIpc) is 3.44. The Kier molecular flexibility index (Phi) is 5.06. The van der Waals surface area contributed by atoms with Gasteiger partial charge in [0, 0.05) is 38.6 Å².